The van der Waals surface area contributed by atoms with Gasteiger partial charge in [0.05, 0.1) is 12.2 Å². The summed E-state index contributed by atoms with van der Waals surface area (Å²) in [5.74, 6) is -0.952. The zero-order valence-corrected chi connectivity index (χ0v) is 15.4. The first-order valence-electron chi connectivity index (χ1n) is 7.22. The van der Waals surface area contributed by atoms with Crippen molar-refractivity contribution in [3.05, 3.63) is 35.4 Å². The predicted octanol–water partition coefficient (Wildman–Crippen LogP) is 3.87. The summed E-state index contributed by atoms with van der Waals surface area (Å²) in [6, 6.07) is 6.90. The Morgan fingerprint density at radius 1 is 1.17 bits per heavy atom. The van der Waals surface area contributed by atoms with Crippen molar-refractivity contribution in [2.75, 3.05) is 6.61 Å². The normalized spacial score (nSPS) is 13.1. The first-order chi connectivity index (χ1) is 10.3. The second-order valence-electron chi connectivity index (χ2n) is 7.30. The molecule has 0 aliphatic carbocycles. The highest BCUT2D eigenvalue weighted by Gasteiger charge is 2.31. The van der Waals surface area contributed by atoms with Crippen LogP contribution in [0.3, 0.4) is 0 Å². The van der Waals surface area contributed by atoms with Gasteiger partial charge in [0.2, 0.25) is 0 Å². The van der Waals surface area contributed by atoms with E-state index >= 15 is 0 Å². The van der Waals surface area contributed by atoms with E-state index in [1.807, 2.05) is 33.8 Å². The fraction of sp³-hybridized carbons (Fsp3) is 0.562. The van der Waals surface area contributed by atoms with E-state index in [-0.39, 0.29) is 17.6 Å². The zero-order valence-electron chi connectivity index (χ0n) is 13.8. The van der Waals surface area contributed by atoms with E-state index < -0.39 is 20.7 Å². The monoisotopic (exact) mass is 362 g/mol. The molecule has 0 amide bonds. The van der Waals surface area contributed by atoms with Crippen molar-refractivity contribution in [1.82, 2.24) is 0 Å². The van der Waals surface area contributed by atoms with Gasteiger partial charge in [0.1, 0.15) is 0 Å². The maximum absolute atomic E-state index is 11.3. The molecule has 23 heavy (non-hydrogen) atoms. The lowest BCUT2D eigenvalue weighted by molar-refractivity contribution is 0.0694. The summed E-state index contributed by atoms with van der Waals surface area (Å²) in [6.45, 7) is 7.79. The van der Waals surface area contributed by atoms with Gasteiger partial charge in [0.15, 0.2) is 0 Å². The Morgan fingerprint density at radius 3 is 2.26 bits per heavy atom. The van der Waals surface area contributed by atoms with Gasteiger partial charge in [-0.2, -0.15) is 8.42 Å². The Labute approximate surface area is 142 Å². The molecule has 0 aromatic heterocycles. The van der Waals surface area contributed by atoms with E-state index in [2.05, 4.69) is 0 Å². The van der Waals surface area contributed by atoms with E-state index in [9.17, 15) is 18.3 Å². The third kappa shape index (κ3) is 7.33. The number of halogens is 1. The lowest BCUT2D eigenvalue weighted by Crippen LogP contribution is -2.29. The average molecular weight is 363 g/mol. The Hall–Kier alpha value is -1.11. The largest absolute Gasteiger partial charge is 0.478 e. The number of carboxylic acids is 1. The van der Waals surface area contributed by atoms with Crippen LogP contribution in [0.5, 0.6) is 0 Å². The zero-order chi connectivity index (χ0) is 17.9. The molecule has 1 aromatic carbocycles. The predicted molar refractivity (Wildman–Crippen MR) is 90.0 cm³/mol. The molecule has 1 N–H and O–H groups in total. The Morgan fingerprint density at radius 2 is 1.74 bits per heavy atom. The van der Waals surface area contributed by atoms with Crippen LogP contribution in [-0.2, 0) is 19.9 Å². The summed E-state index contributed by atoms with van der Waals surface area (Å²) in [5.41, 5.74) is 0.377. The molecule has 0 saturated carbocycles. The van der Waals surface area contributed by atoms with Crippen molar-refractivity contribution >= 4 is 26.0 Å². The fourth-order valence-electron chi connectivity index (χ4n) is 3.04. The number of carbonyl (C=O) groups is 1. The van der Waals surface area contributed by atoms with Gasteiger partial charge in [0, 0.05) is 10.7 Å². The van der Waals surface area contributed by atoms with Gasteiger partial charge >= 0.3 is 15.3 Å². The molecule has 7 heteroatoms. The highest BCUT2D eigenvalue weighted by molar-refractivity contribution is 8.09. The van der Waals surface area contributed by atoms with Crippen molar-refractivity contribution in [2.24, 2.45) is 10.8 Å². The van der Waals surface area contributed by atoms with Crippen molar-refractivity contribution in [3.63, 3.8) is 0 Å². The maximum Gasteiger partial charge on any atom is 0.355 e. The summed E-state index contributed by atoms with van der Waals surface area (Å²) in [4.78, 5) is 11.3. The van der Waals surface area contributed by atoms with Crippen LogP contribution in [0, 0.1) is 10.8 Å². The van der Waals surface area contributed by atoms with Gasteiger partial charge < -0.3 is 5.11 Å². The van der Waals surface area contributed by atoms with Crippen molar-refractivity contribution < 1.29 is 22.5 Å². The van der Waals surface area contributed by atoms with Gasteiger partial charge in [-0.15, -0.1) is 0 Å². The molecule has 0 saturated heterocycles. The smallest absolute Gasteiger partial charge is 0.355 e. The van der Waals surface area contributed by atoms with Crippen LogP contribution < -0.4 is 0 Å². The molecule has 5 nitrogen and oxygen atoms in total. The topological polar surface area (TPSA) is 80.7 Å². The minimum absolute atomic E-state index is 0.0250. The fourth-order valence-corrected chi connectivity index (χ4v) is 3.63. The maximum atomic E-state index is 11.3. The molecular formula is C16H23ClO5S. The SMILES string of the molecule is CC(C)(COS(=O)(=O)Cl)CC(C)(C)Cc1ccccc1C(=O)O. The van der Waals surface area contributed by atoms with Crippen LogP contribution in [0.25, 0.3) is 0 Å². The molecule has 0 spiro atoms. The molecule has 130 valence electrons. The summed E-state index contributed by atoms with van der Waals surface area (Å²) in [6.07, 6.45) is 1.20. The van der Waals surface area contributed by atoms with Crippen LogP contribution in [0.15, 0.2) is 24.3 Å². The van der Waals surface area contributed by atoms with Gasteiger partial charge in [0.25, 0.3) is 0 Å². The Bertz CT molecular complexity index is 665. The average Bonchev–Trinajstić information content (AvgIpc) is 2.34. The number of hydrogen-bond acceptors (Lipinski definition) is 4. The number of aromatic carboxylic acids is 1. The molecule has 0 heterocycles. The first kappa shape index (κ1) is 19.9. The third-order valence-corrected chi connectivity index (χ3v) is 4.13. The van der Waals surface area contributed by atoms with Crippen LogP contribution in [0.1, 0.15) is 50.0 Å². The van der Waals surface area contributed by atoms with Crippen molar-refractivity contribution in [1.29, 1.82) is 0 Å². The Kier molecular flexibility index (Phi) is 6.24. The molecule has 1 aromatic rings. The van der Waals surface area contributed by atoms with Crippen molar-refractivity contribution in [3.8, 4) is 0 Å². The van der Waals surface area contributed by atoms with E-state index in [0.29, 0.717) is 12.8 Å². The minimum Gasteiger partial charge on any atom is -0.478 e. The van der Waals surface area contributed by atoms with Gasteiger partial charge in [-0.05, 0) is 35.3 Å². The standard InChI is InChI=1S/C16H23ClO5S/c1-15(2,10-16(3,4)11-22-23(17,20)21)9-12-7-5-6-8-13(12)14(18)19/h5-8H,9-11H2,1-4H3,(H,18,19). The van der Waals surface area contributed by atoms with E-state index in [1.54, 1.807) is 18.2 Å². The minimum atomic E-state index is -4.00. The molecule has 0 atom stereocenters. The molecule has 0 bridgehead atoms. The third-order valence-electron chi connectivity index (χ3n) is 3.46. The molecule has 0 unspecified atom stereocenters. The van der Waals surface area contributed by atoms with Gasteiger partial charge in [-0.3, -0.25) is 4.18 Å². The van der Waals surface area contributed by atoms with Crippen LogP contribution in [0.4, 0.5) is 0 Å². The summed E-state index contributed by atoms with van der Waals surface area (Å²) in [7, 11) is 1.09. The summed E-state index contributed by atoms with van der Waals surface area (Å²) >= 11 is 0. The molecule has 0 radical (unpaired) electrons. The number of rotatable bonds is 8. The number of hydrogen-bond donors (Lipinski definition) is 1. The van der Waals surface area contributed by atoms with Crippen LogP contribution in [-0.4, -0.2) is 26.1 Å². The first-order valence-corrected chi connectivity index (χ1v) is 9.45. The highest BCUT2D eigenvalue weighted by Crippen LogP contribution is 2.37. The Balaban J connectivity index is 2.85. The van der Waals surface area contributed by atoms with E-state index in [1.165, 1.54) is 0 Å². The van der Waals surface area contributed by atoms with Crippen molar-refractivity contribution in [2.45, 2.75) is 40.5 Å². The van der Waals surface area contributed by atoms with E-state index in [0.717, 1.165) is 5.56 Å². The highest BCUT2D eigenvalue weighted by atomic mass is 35.7. The van der Waals surface area contributed by atoms with Crippen LogP contribution >= 0.6 is 10.7 Å². The second-order valence-corrected chi connectivity index (χ2v) is 9.46. The lowest BCUT2D eigenvalue weighted by Gasteiger charge is -2.34. The lowest BCUT2D eigenvalue weighted by atomic mass is 9.72. The summed E-state index contributed by atoms with van der Waals surface area (Å²) < 4.78 is 26.6. The second kappa shape index (κ2) is 7.20. The quantitative estimate of drug-likeness (QED) is 0.710. The molecular weight excluding hydrogens is 340 g/mol. The number of benzene rings is 1. The molecule has 0 aliphatic heterocycles. The summed E-state index contributed by atoms with van der Waals surface area (Å²) in [5, 5.41) is 9.27. The van der Waals surface area contributed by atoms with Gasteiger partial charge in [-0.1, -0.05) is 45.9 Å². The van der Waals surface area contributed by atoms with E-state index in [4.69, 9.17) is 14.9 Å². The molecule has 0 aliphatic rings. The molecule has 0 fully saturated rings. The van der Waals surface area contributed by atoms with Gasteiger partial charge in [-0.25, -0.2) is 4.79 Å². The molecule has 1 rings (SSSR count). The van der Waals surface area contributed by atoms with Crippen LogP contribution in [0.2, 0.25) is 0 Å². The number of carboxylic acid groups (broad SMARTS) is 1.